The lowest BCUT2D eigenvalue weighted by Crippen LogP contribution is -2.41. The Kier molecular flexibility index (Phi) is 38.8. The molecule has 12 N–H and O–H groups in total. The molecule has 135 heavy (non-hydrogen) atoms. The third-order valence-electron chi connectivity index (χ3n) is 20.1. The minimum Gasteiger partial charge on any atom is -0.506 e. The molecular formula is C94H91Br2Cl2N15O14S8. The van der Waals surface area contributed by atoms with Crippen LogP contribution in [0.4, 0.5) is 0 Å². The van der Waals surface area contributed by atoms with Crippen molar-refractivity contribution in [1.29, 1.82) is 0 Å². The number of ether oxygens (including phenoxy) is 2. The van der Waals surface area contributed by atoms with Crippen LogP contribution in [0.15, 0.2) is 221 Å². The number of nitrogens with zero attached hydrogens (tertiary/aromatic N) is 7. The van der Waals surface area contributed by atoms with Crippen LogP contribution in [0.5, 0.6) is 23.0 Å². The van der Waals surface area contributed by atoms with Crippen molar-refractivity contribution in [3.63, 3.8) is 0 Å². The van der Waals surface area contributed by atoms with Crippen LogP contribution in [0.25, 0.3) is 41.8 Å². The molecule has 0 unspecified atom stereocenters. The molecule has 0 spiro atoms. The van der Waals surface area contributed by atoms with Gasteiger partial charge in [-0.3, -0.25) is 53.1 Å². The second-order valence-corrected chi connectivity index (χ2v) is 40.1. The number of aromatic nitrogens is 1. The van der Waals surface area contributed by atoms with Gasteiger partial charge in [-0.05, 0) is 179 Å². The molecule has 13 aromatic rings. The van der Waals surface area contributed by atoms with Crippen molar-refractivity contribution in [2.24, 2.45) is 20.4 Å². The Balaban J connectivity index is 0.000000162. The second kappa shape index (κ2) is 51.0. The van der Waals surface area contributed by atoms with Gasteiger partial charge in [0.25, 0.3) is 47.3 Å². The van der Waals surface area contributed by atoms with Gasteiger partial charge in [-0.2, -0.15) is 20.4 Å². The Bertz CT molecular complexity index is 6420. The van der Waals surface area contributed by atoms with Crippen molar-refractivity contribution in [2.75, 3.05) is 85.3 Å². The van der Waals surface area contributed by atoms with E-state index < -0.39 is 23.6 Å². The quantitative estimate of drug-likeness (QED) is 0.0109. The molecule has 2 aliphatic heterocycles. The summed E-state index contributed by atoms with van der Waals surface area (Å²) in [5, 5.41) is 78.9. The molecule has 29 nitrogen and oxygen atoms in total. The fourth-order valence-electron chi connectivity index (χ4n) is 12.7. The zero-order chi connectivity index (χ0) is 96.0. The van der Waals surface area contributed by atoms with E-state index in [1.807, 2.05) is 103 Å². The van der Waals surface area contributed by atoms with Crippen molar-refractivity contribution in [3.8, 4) is 64.8 Å². The number of hydrogen-bond donors (Lipinski definition) is 12. The zero-order valence-electron chi connectivity index (χ0n) is 73.1. The van der Waals surface area contributed by atoms with Crippen LogP contribution >= 0.6 is 146 Å². The van der Waals surface area contributed by atoms with Crippen molar-refractivity contribution in [1.82, 2.24) is 57.8 Å². The number of hydrogen-bond acceptors (Lipinski definition) is 29. The first-order valence-electron chi connectivity index (χ1n) is 41.8. The molecule has 2 aliphatic rings. The first kappa shape index (κ1) is 103. The lowest BCUT2D eigenvalue weighted by atomic mass is 10.1. The molecule has 702 valence electrons. The van der Waals surface area contributed by atoms with Crippen LogP contribution in [-0.4, -0.2) is 191 Å². The van der Waals surface area contributed by atoms with Gasteiger partial charge < -0.3 is 51.2 Å². The number of thiophene rings is 8. The predicted molar refractivity (Wildman–Crippen MR) is 549 cm³/mol. The van der Waals surface area contributed by atoms with Gasteiger partial charge in [0.15, 0.2) is 0 Å². The number of carbonyl (C=O) groups is 8. The third-order valence-corrected chi connectivity index (χ3v) is 30.1. The van der Waals surface area contributed by atoms with E-state index in [0.29, 0.717) is 130 Å². The SMILES string of the molecule is C/C(=N\NC(=O)c1ccc(C(=O)NCCCN2CCOCC2)s1)c1csc(-c2ccc(Br)cc2)c1O.C/C(=N\NC(=O)c1ccc(C(=O)NCCN2CCOCC2)s1)c1csc(-c2ccc(Br)cc2)c1O.C/C(=N\NC(=O)c1ccc(C(=O)NCc2ccccn2)s1)c1csc(-c2ccc(Cl)cc2)c1O.CCCNC(=O)c1ccc(C(=O)N/N=C(\C)c2csc(-c3ccc(Cl)cc3)c2O)s1. The minimum atomic E-state index is -0.444. The van der Waals surface area contributed by atoms with Crippen LogP contribution in [-0.2, 0) is 16.0 Å². The van der Waals surface area contributed by atoms with E-state index in [-0.39, 0.29) is 46.6 Å². The molecule has 0 saturated carbocycles. The fraction of sp³-hybridized carbons (Fsp3) is 0.223. The van der Waals surface area contributed by atoms with Gasteiger partial charge in [0.1, 0.15) is 23.0 Å². The normalized spacial score (nSPS) is 13.0. The molecule has 15 rings (SSSR count). The van der Waals surface area contributed by atoms with Gasteiger partial charge in [0.2, 0.25) is 0 Å². The third kappa shape index (κ3) is 29.3. The standard InChI is InChI=1S/C25H27BrN4O4S2.C24H25BrN4O4S2.C24H19ClN4O3S2.C21H20ClN3O3S2/c1-16(19-15-35-23(22(19)31)17-3-5-18(26)6-4-17)28-29-25(33)21-8-7-20(36-21)24(32)27-9-2-10-30-11-13-34-14-12-30;1-15(18-14-34-22(21(18)30)16-2-4-17(25)5-3-16)27-28-24(32)20-7-6-19(35-20)23(31)26-8-9-29-10-12-33-13-11-29;1-14(18-13-33-22(21(18)30)15-5-7-16(25)8-6-15)28-29-24(32)20-10-9-19(34-20)23(31)27-12-17-4-2-3-11-26-17;1-3-10-23-20(27)16-8-9-17(30-16)21(28)25-24-12(2)15-11-29-19(18(15)26)13-4-6-14(22)7-5-13/h3-8,15,31H,2,9-14H2,1H3,(H,27,32)(H,29,33);2-7,14,30H,8-13H2,1H3,(H,26,31)(H,28,32);2-11,13,30H,12H2,1H3,(H,27,31)(H,29,32);4-9,11,26H,3,10H2,1-2H3,(H,23,27)(H,25,28)/b28-16+;27-15+;28-14+;24-12+. The van der Waals surface area contributed by atoms with E-state index in [4.69, 9.17) is 32.7 Å². The highest BCUT2D eigenvalue weighted by Crippen LogP contribution is 2.43. The maximum atomic E-state index is 12.6. The van der Waals surface area contributed by atoms with Crippen molar-refractivity contribution >= 4 is 216 Å². The molecule has 2 saturated heterocycles. The van der Waals surface area contributed by atoms with Crippen molar-refractivity contribution in [2.45, 2.75) is 54.0 Å². The summed E-state index contributed by atoms with van der Waals surface area (Å²) >= 11 is 28.6. The highest BCUT2D eigenvalue weighted by atomic mass is 79.9. The zero-order valence-corrected chi connectivity index (χ0v) is 84.3. The highest BCUT2D eigenvalue weighted by Gasteiger charge is 2.25. The molecule has 0 aliphatic carbocycles. The first-order valence-corrected chi connectivity index (χ1v) is 51.0. The van der Waals surface area contributed by atoms with Crippen molar-refractivity contribution in [3.05, 3.63) is 277 Å². The van der Waals surface area contributed by atoms with E-state index in [0.717, 1.165) is 171 Å². The number of hydrazone groups is 4. The maximum absolute atomic E-state index is 12.6. The predicted octanol–water partition coefficient (Wildman–Crippen LogP) is 19.2. The Labute approximate surface area is 836 Å². The number of pyridine rings is 1. The van der Waals surface area contributed by atoms with Crippen molar-refractivity contribution < 1.29 is 68.3 Å². The summed E-state index contributed by atoms with van der Waals surface area (Å²) in [7, 11) is 0. The Morgan fingerprint density at radius 2 is 0.667 bits per heavy atom. The number of amides is 8. The van der Waals surface area contributed by atoms with E-state index in [2.05, 4.69) is 110 Å². The summed E-state index contributed by atoms with van der Waals surface area (Å²) < 4.78 is 12.6. The molecule has 8 amide bonds. The molecule has 4 aromatic carbocycles. The second-order valence-electron chi connectivity index (χ2n) is 29.6. The van der Waals surface area contributed by atoms with Crippen LogP contribution in [0, 0.1) is 0 Å². The van der Waals surface area contributed by atoms with Gasteiger partial charge in [-0.1, -0.05) is 117 Å². The molecule has 11 heterocycles. The van der Waals surface area contributed by atoms with Gasteiger partial charge >= 0.3 is 0 Å². The summed E-state index contributed by atoms with van der Waals surface area (Å²) in [4.78, 5) is 114. The van der Waals surface area contributed by atoms with Crippen LogP contribution in [0.3, 0.4) is 0 Å². The molecule has 41 heteroatoms. The summed E-state index contributed by atoms with van der Waals surface area (Å²) in [5.41, 5.74) is 18.3. The Morgan fingerprint density at radius 1 is 0.378 bits per heavy atom. The average Bonchev–Trinajstić information content (AvgIpc) is 1.67. The van der Waals surface area contributed by atoms with Crippen LogP contribution < -0.4 is 43.0 Å². The topological polar surface area (TPSA) is 401 Å². The molecular weight excluding hydrogens is 2050 g/mol. The van der Waals surface area contributed by atoms with Gasteiger partial charge in [0, 0.05) is 99.1 Å². The minimum absolute atomic E-state index is 0.0887. The molecule has 2 fully saturated rings. The Morgan fingerprint density at radius 3 is 0.978 bits per heavy atom. The summed E-state index contributed by atoms with van der Waals surface area (Å²) in [6.07, 6.45) is 3.36. The van der Waals surface area contributed by atoms with E-state index in [1.165, 1.54) is 45.3 Å². The van der Waals surface area contributed by atoms with E-state index in [1.54, 1.807) is 124 Å². The summed E-state index contributed by atoms with van der Waals surface area (Å²) in [5.74, 6) is -2.11. The largest absolute Gasteiger partial charge is 0.506 e. The number of benzene rings is 4. The number of nitrogens with one attached hydrogen (secondary N) is 8. The smallest absolute Gasteiger partial charge is 0.281 e. The summed E-state index contributed by atoms with van der Waals surface area (Å²) in [6, 6.07) is 48.0. The van der Waals surface area contributed by atoms with Crippen LogP contribution in [0.2, 0.25) is 10.0 Å². The Hall–Kier alpha value is -11.4. The number of morpholine rings is 2. The van der Waals surface area contributed by atoms with Crippen LogP contribution in [0.1, 0.15) is 153 Å². The van der Waals surface area contributed by atoms with Gasteiger partial charge in [0.05, 0.1) is 142 Å². The molecule has 0 radical (unpaired) electrons. The van der Waals surface area contributed by atoms with Gasteiger partial charge in [-0.15, -0.1) is 90.7 Å². The van der Waals surface area contributed by atoms with E-state index >= 15 is 0 Å². The molecule has 0 atom stereocenters. The highest BCUT2D eigenvalue weighted by molar-refractivity contribution is 9.10. The summed E-state index contributed by atoms with van der Waals surface area (Å²) in [6.45, 7) is 19.0. The number of carbonyl (C=O) groups excluding carboxylic acids is 8. The number of aromatic hydroxyl groups is 4. The number of halogens is 4. The average molecular weight is 2140 g/mol. The lowest BCUT2D eigenvalue weighted by molar-refractivity contribution is 0.0374. The number of rotatable bonds is 31. The lowest BCUT2D eigenvalue weighted by Gasteiger charge is -2.26. The molecule has 0 bridgehead atoms. The molecule has 9 aromatic heterocycles. The maximum Gasteiger partial charge on any atom is 0.281 e. The first-order chi connectivity index (χ1) is 65.2. The fourth-order valence-corrected chi connectivity index (χ4v) is 20.8. The monoisotopic (exact) mass is 2140 g/mol. The van der Waals surface area contributed by atoms with E-state index in [9.17, 15) is 58.8 Å². The van der Waals surface area contributed by atoms with Gasteiger partial charge in [-0.25, -0.2) is 21.7 Å².